The molecule has 1 unspecified atom stereocenters. The van der Waals surface area contributed by atoms with Gasteiger partial charge in [-0.2, -0.15) is 0 Å². The maximum atomic E-state index is 13.3. The molecule has 3 N–H and O–H groups in total. The number of carbonyl (C=O) groups excluding carboxylic acids is 2. The van der Waals surface area contributed by atoms with Crippen LogP contribution in [-0.2, 0) is 37.4 Å². The minimum atomic E-state index is -4.21. The first-order valence-electron chi connectivity index (χ1n) is 13.9. The first kappa shape index (κ1) is 37.4. The van der Waals surface area contributed by atoms with E-state index in [1.165, 1.54) is 11.9 Å². The van der Waals surface area contributed by atoms with Crippen LogP contribution in [-0.4, -0.2) is 87.0 Å². The maximum Gasteiger partial charge on any atom is 0.508 e. The number of guanidine groups is 1. The van der Waals surface area contributed by atoms with E-state index in [0.717, 1.165) is 38.5 Å². The van der Waals surface area contributed by atoms with Gasteiger partial charge in [-0.05, 0) is 19.3 Å². The molecule has 1 atom stereocenters. The Bertz CT molecular complexity index is 760. The zero-order valence-corrected chi connectivity index (χ0v) is 25.2. The molecule has 0 rings (SSSR count). The van der Waals surface area contributed by atoms with Crippen LogP contribution >= 0.6 is 7.75 Å². The molecular weight excluding hydrogens is 549 g/mol. The van der Waals surface area contributed by atoms with Gasteiger partial charge in [-0.1, -0.05) is 52.9 Å². The normalized spacial score (nSPS) is 12.4. The average molecular weight is 598 g/mol. The van der Waals surface area contributed by atoms with Gasteiger partial charge in [0.15, 0.2) is 0 Å². The van der Waals surface area contributed by atoms with Crippen LogP contribution in [0.15, 0.2) is 4.76 Å². The van der Waals surface area contributed by atoms with Crippen molar-refractivity contribution in [3.63, 3.8) is 0 Å². The van der Waals surface area contributed by atoms with Crippen LogP contribution in [0.2, 0.25) is 0 Å². The van der Waals surface area contributed by atoms with Crippen molar-refractivity contribution in [3.05, 3.63) is 0 Å². The summed E-state index contributed by atoms with van der Waals surface area (Å²) in [5, 5.41) is 9.49. The number of aliphatic carboxylic acids is 1. The lowest BCUT2D eigenvalue weighted by Crippen LogP contribution is -2.46. The van der Waals surface area contributed by atoms with Gasteiger partial charge in [-0.3, -0.25) is 9.05 Å². The molecule has 0 aromatic carbocycles. The summed E-state index contributed by atoms with van der Waals surface area (Å²) < 4.78 is 47.7. The van der Waals surface area contributed by atoms with E-state index >= 15 is 0 Å². The number of nitrogens with two attached hydrogens (primary N) is 1. The first-order valence-corrected chi connectivity index (χ1v) is 15.4. The molecule has 0 aromatic rings. The molecule has 0 aliphatic heterocycles. The van der Waals surface area contributed by atoms with Crippen LogP contribution in [0.4, 0.5) is 9.59 Å². The Hall–Kier alpha value is -2.57. The topological polar surface area (TPSA) is 186 Å². The van der Waals surface area contributed by atoms with Crippen LogP contribution in [0.5, 0.6) is 0 Å². The van der Waals surface area contributed by atoms with Gasteiger partial charge in [0.2, 0.25) is 5.96 Å². The number of nitrogens with zero attached hydrogens (tertiary/aromatic N) is 2. The molecule has 0 spiro atoms. The minimum absolute atomic E-state index is 0.0580. The van der Waals surface area contributed by atoms with Gasteiger partial charge in [-0.15, -0.1) is 4.76 Å². The van der Waals surface area contributed by atoms with Gasteiger partial charge in [-0.25, -0.2) is 18.9 Å². The molecule has 0 fully saturated rings. The lowest BCUT2D eigenvalue weighted by Gasteiger charge is -2.26. The van der Waals surface area contributed by atoms with Crippen molar-refractivity contribution in [2.45, 2.75) is 91.0 Å². The van der Waals surface area contributed by atoms with Crippen molar-refractivity contribution in [1.29, 1.82) is 0 Å². The third kappa shape index (κ3) is 18.7. The van der Waals surface area contributed by atoms with Gasteiger partial charge in [0.25, 0.3) is 0 Å². The highest BCUT2D eigenvalue weighted by Gasteiger charge is 2.29. The predicted octanol–water partition coefficient (Wildman–Crippen LogP) is 5.09. The van der Waals surface area contributed by atoms with Crippen molar-refractivity contribution in [1.82, 2.24) is 4.90 Å². The molecule has 0 amide bonds. The Morgan fingerprint density at radius 1 is 0.750 bits per heavy atom. The number of carbonyl (C=O) groups is 3. The molecule has 14 nitrogen and oxygen atoms in total. The van der Waals surface area contributed by atoms with Crippen molar-refractivity contribution >= 4 is 32.0 Å². The third-order valence-electron chi connectivity index (χ3n) is 5.36. The fourth-order valence-corrected chi connectivity index (χ4v) is 4.40. The summed E-state index contributed by atoms with van der Waals surface area (Å²) in [6, 6.07) is -0.990. The largest absolute Gasteiger partial charge is 0.508 e. The van der Waals surface area contributed by atoms with Crippen LogP contribution in [0.1, 0.15) is 85.0 Å². The Morgan fingerprint density at radius 2 is 1.18 bits per heavy atom. The van der Waals surface area contributed by atoms with Gasteiger partial charge in [0, 0.05) is 19.9 Å². The standard InChI is InChI=1S/C25H48N3O11P/c1-5-8-10-15-34-24(31)36-17-12-19-38-40(33,27-23(26)28(4)21(14-7-3)22(29)30)39-20-13-18-37-25(32)35-16-11-9-6-2/h21H,5-20H2,1-4H3,(H,29,30)(H2,26,27,33). The number of ether oxygens (including phenoxy) is 4. The minimum Gasteiger partial charge on any atom is -0.480 e. The molecule has 0 heterocycles. The summed E-state index contributed by atoms with van der Waals surface area (Å²) in [6.07, 6.45) is 4.92. The van der Waals surface area contributed by atoms with Gasteiger partial charge >= 0.3 is 26.0 Å². The summed E-state index contributed by atoms with van der Waals surface area (Å²) in [5.74, 6) is -1.46. The Kier molecular flexibility index (Phi) is 21.7. The highest BCUT2D eigenvalue weighted by molar-refractivity contribution is 7.52. The second kappa shape index (κ2) is 23.2. The highest BCUT2D eigenvalue weighted by atomic mass is 31.2. The fraction of sp³-hybridized carbons (Fsp3) is 0.840. The summed E-state index contributed by atoms with van der Waals surface area (Å²) in [7, 11) is -2.80. The lowest BCUT2D eigenvalue weighted by atomic mass is 10.1. The summed E-state index contributed by atoms with van der Waals surface area (Å²) in [4.78, 5) is 36.0. The summed E-state index contributed by atoms with van der Waals surface area (Å²) >= 11 is 0. The van der Waals surface area contributed by atoms with E-state index in [2.05, 4.69) is 4.76 Å². The van der Waals surface area contributed by atoms with E-state index in [1.807, 2.05) is 20.8 Å². The molecule has 0 bridgehead atoms. The molecule has 234 valence electrons. The van der Waals surface area contributed by atoms with Gasteiger partial charge < -0.3 is 34.7 Å². The van der Waals surface area contributed by atoms with E-state index in [9.17, 15) is 24.1 Å². The van der Waals surface area contributed by atoms with E-state index in [1.54, 1.807) is 0 Å². The average Bonchev–Trinajstić information content (AvgIpc) is 2.91. The van der Waals surface area contributed by atoms with Crippen LogP contribution in [0.25, 0.3) is 0 Å². The molecule has 0 saturated heterocycles. The second-order valence-electron chi connectivity index (χ2n) is 8.86. The zero-order chi connectivity index (χ0) is 30.2. The first-order chi connectivity index (χ1) is 19.1. The summed E-state index contributed by atoms with van der Waals surface area (Å²) in [6.45, 7) is 5.97. The van der Waals surface area contributed by atoms with Gasteiger partial charge in [0.05, 0.1) is 39.6 Å². The quantitative estimate of drug-likeness (QED) is 0.0522. The Balaban J connectivity index is 4.95. The Morgan fingerprint density at radius 3 is 1.55 bits per heavy atom. The Labute approximate surface area is 237 Å². The van der Waals surface area contributed by atoms with Gasteiger partial charge in [0.1, 0.15) is 6.04 Å². The van der Waals surface area contributed by atoms with Crippen molar-refractivity contribution in [3.8, 4) is 0 Å². The third-order valence-corrected chi connectivity index (χ3v) is 6.83. The van der Waals surface area contributed by atoms with Crippen molar-refractivity contribution in [2.75, 3.05) is 46.7 Å². The van der Waals surface area contributed by atoms with Crippen molar-refractivity contribution in [2.24, 2.45) is 10.5 Å². The maximum absolute atomic E-state index is 13.3. The number of hydrogen-bond acceptors (Lipinski definition) is 10. The number of likely N-dealkylation sites (N-methyl/N-ethyl adjacent to an activating group) is 1. The SMILES string of the molecule is CCCCCOC(=O)OCCCOP(=O)(N=C(N)N(C)C(CCC)C(=O)O)OCCCOC(=O)OCCCCC. The van der Waals surface area contributed by atoms with Crippen LogP contribution < -0.4 is 5.73 Å². The highest BCUT2D eigenvalue weighted by Crippen LogP contribution is 2.50. The fourth-order valence-electron chi connectivity index (χ4n) is 3.09. The van der Waals surface area contributed by atoms with E-state index < -0.39 is 32.1 Å². The van der Waals surface area contributed by atoms with Crippen LogP contribution in [0.3, 0.4) is 0 Å². The lowest BCUT2D eigenvalue weighted by molar-refractivity contribution is -0.141. The smallest absolute Gasteiger partial charge is 0.480 e. The molecule has 0 aliphatic rings. The van der Waals surface area contributed by atoms with E-state index in [4.69, 9.17) is 33.7 Å². The molecule has 0 radical (unpaired) electrons. The molecule has 15 heteroatoms. The zero-order valence-electron chi connectivity index (χ0n) is 24.3. The monoisotopic (exact) mass is 597 g/mol. The van der Waals surface area contributed by atoms with Crippen LogP contribution in [0, 0.1) is 0 Å². The number of carboxylic acids is 1. The summed E-state index contributed by atoms with van der Waals surface area (Å²) in [5.41, 5.74) is 5.96. The van der Waals surface area contributed by atoms with E-state index in [-0.39, 0.29) is 64.9 Å². The molecule has 0 saturated carbocycles. The number of hydrogen-bond donors (Lipinski definition) is 2. The van der Waals surface area contributed by atoms with Crippen molar-refractivity contribution < 1.29 is 52.1 Å². The number of rotatable bonds is 23. The molecule has 0 aliphatic carbocycles. The molecule has 0 aromatic heterocycles. The predicted molar refractivity (Wildman–Crippen MR) is 148 cm³/mol. The number of carboxylic acid groups (broad SMARTS) is 1. The molecular formula is C25H48N3O11P. The number of unbranched alkanes of at least 4 members (excludes halogenated alkanes) is 4. The van der Waals surface area contributed by atoms with E-state index in [0.29, 0.717) is 6.42 Å². The second-order valence-corrected chi connectivity index (χ2v) is 10.5. The molecule has 40 heavy (non-hydrogen) atoms.